The summed E-state index contributed by atoms with van der Waals surface area (Å²) in [4.78, 5) is 0. The van der Waals surface area contributed by atoms with Crippen LogP contribution >= 0.6 is 0 Å². The minimum Gasteiger partial charge on any atom is -0.504 e. The van der Waals surface area contributed by atoms with Gasteiger partial charge in [0, 0.05) is 29.4 Å². The third-order valence-electron chi connectivity index (χ3n) is 5.22. The molecule has 1 aliphatic rings. The number of nitrogens with one attached hydrogen (secondary N) is 2. The molecule has 128 valence electrons. The zero-order chi connectivity index (χ0) is 17.2. The van der Waals surface area contributed by atoms with Crippen LogP contribution in [0.2, 0.25) is 0 Å². The van der Waals surface area contributed by atoms with Gasteiger partial charge in [-0.1, -0.05) is 44.2 Å². The number of anilines is 1. The van der Waals surface area contributed by atoms with Gasteiger partial charge in [0.15, 0.2) is 11.5 Å². The van der Waals surface area contributed by atoms with Gasteiger partial charge in [-0.2, -0.15) is 0 Å². The zero-order valence-corrected chi connectivity index (χ0v) is 14.6. The highest BCUT2D eigenvalue weighted by molar-refractivity contribution is 5.63. The maximum absolute atomic E-state index is 10.2. The number of hydrogen-bond acceptors (Lipinski definition) is 4. The SMILES string of the molecule is CCC1(CC)CNc2cc(O)c(OC)cc2C(c2ccccc2)N1. The molecule has 0 fully saturated rings. The molecule has 4 nitrogen and oxygen atoms in total. The Morgan fingerprint density at radius 3 is 2.50 bits per heavy atom. The van der Waals surface area contributed by atoms with Crippen LogP contribution < -0.4 is 15.4 Å². The first-order valence-electron chi connectivity index (χ1n) is 8.60. The Bertz CT molecular complexity index is 696. The number of rotatable bonds is 4. The topological polar surface area (TPSA) is 53.5 Å². The highest BCUT2D eigenvalue weighted by atomic mass is 16.5. The third kappa shape index (κ3) is 2.94. The molecular formula is C20H26N2O2. The summed E-state index contributed by atoms with van der Waals surface area (Å²) in [5.41, 5.74) is 3.27. The van der Waals surface area contributed by atoms with E-state index in [4.69, 9.17) is 4.74 Å². The highest BCUT2D eigenvalue weighted by Crippen LogP contribution is 2.40. The number of methoxy groups -OCH3 is 1. The molecule has 0 radical (unpaired) electrons. The molecule has 0 amide bonds. The fourth-order valence-corrected chi connectivity index (χ4v) is 3.45. The number of ether oxygens (including phenoxy) is 1. The van der Waals surface area contributed by atoms with Crippen molar-refractivity contribution in [3.8, 4) is 11.5 Å². The quantitative estimate of drug-likeness (QED) is 0.793. The number of phenolic OH excluding ortho intramolecular Hbond substituents is 1. The zero-order valence-electron chi connectivity index (χ0n) is 14.6. The summed E-state index contributed by atoms with van der Waals surface area (Å²) in [6, 6.07) is 14.2. The minimum atomic E-state index is 0.00236. The monoisotopic (exact) mass is 326 g/mol. The van der Waals surface area contributed by atoms with Crippen LogP contribution in [-0.2, 0) is 0 Å². The fraction of sp³-hybridized carbons (Fsp3) is 0.400. The molecule has 0 spiro atoms. The number of hydrogen-bond donors (Lipinski definition) is 3. The summed E-state index contributed by atoms with van der Waals surface area (Å²) in [5.74, 6) is 0.662. The maximum Gasteiger partial charge on any atom is 0.160 e. The van der Waals surface area contributed by atoms with Crippen molar-refractivity contribution in [3.63, 3.8) is 0 Å². The van der Waals surface area contributed by atoms with Gasteiger partial charge in [-0.25, -0.2) is 0 Å². The molecule has 1 aliphatic heterocycles. The molecule has 1 heterocycles. The van der Waals surface area contributed by atoms with Crippen LogP contribution in [0.25, 0.3) is 0 Å². The van der Waals surface area contributed by atoms with E-state index in [1.807, 2.05) is 12.1 Å². The standard InChI is InChI=1S/C20H26N2O2/c1-4-20(5-2)13-21-16-12-17(23)18(24-3)11-15(16)19(22-20)14-9-7-6-8-10-14/h6-12,19,21-23H,4-5,13H2,1-3H3. The van der Waals surface area contributed by atoms with Crippen molar-refractivity contribution in [1.29, 1.82) is 0 Å². The second-order valence-corrected chi connectivity index (χ2v) is 6.44. The van der Waals surface area contributed by atoms with Gasteiger partial charge >= 0.3 is 0 Å². The predicted octanol–water partition coefficient (Wildman–Crippen LogP) is 4.06. The van der Waals surface area contributed by atoms with Crippen LogP contribution in [0.3, 0.4) is 0 Å². The predicted molar refractivity (Wildman–Crippen MR) is 97.9 cm³/mol. The van der Waals surface area contributed by atoms with E-state index < -0.39 is 0 Å². The van der Waals surface area contributed by atoms with Gasteiger partial charge in [-0.3, -0.25) is 5.32 Å². The summed E-state index contributed by atoms with van der Waals surface area (Å²) >= 11 is 0. The molecule has 3 rings (SSSR count). The van der Waals surface area contributed by atoms with Crippen LogP contribution in [0.4, 0.5) is 5.69 Å². The fourth-order valence-electron chi connectivity index (χ4n) is 3.45. The first kappa shape index (κ1) is 16.7. The Labute approximate surface area is 143 Å². The lowest BCUT2D eigenvalue weighted by atomic mass is 9.89. The second-order valence-electron chi connectivity index (χ2n) is 6.44. The van der Waals surface area contributed by atoms with Crippen LogP contribution in [0.15, 0.2) is 42.5 Å². The summed E-state index contributed by atoms with van der Waals surface area (Å²) in [5, 5.41) is 17.6. The van der Waals surface area contributed by atoms with Crippen molar-refractivity contribution in [2.75, 3.05) is 19.0 Å². The summed E-state index contributed by atoms with van der Waals surface area (Å²) in [6.45, 7) is 5.25. The molecule has 0 aromatic heterocycles. The first-order valence-corrected chi connectivity index (χ1v) is 8.60. The number of phenols is 1. The number of benzene rings is 2. The van der Waals surface area contributed by atoms with Crippen LogP contribution in [0.1, 0.15) is 43.9 Å². The Morgan fingerprint density at radius 2 is 1.88 bits per heavy atom. The van der Waals surface area contributed by atoms with Gasteiger partial charge in [0.1, 0.15) is 0 Å². The van der Waals surface area contributed by atoms with Gasteiger partial charge < -0.3 is 15.2 Å². The van der Waals surface area contributed by atoms with E-state index >= 15 is 0 Å². The van der Waals surface area contributed by atoms with Gasteiger partial charge in [0.25, 0.3) is 0 Å². The molecular weight excluding hydrogens is 300 g/mol. The number of aromatic hydroxyl groups is 1. The van der Waals surface area contributed by atoms with Crippen LogP contribution in [-0.4, -0.2) is 24.3 Å². The van der Waals surface area contributed by atoms with Crippen molar-refractivity contribution in [1.82, 2.24) is 5.32 Å². The Balaban J connectivity index is 2.15. The molecule has 1 atom stereocenters. The average molecular weight is 326 g/mol. The molecule has 2 aromatic rings. The van der Waals surface area contributed by atoms with Crippen molar-refractivity contribution in [3.05, 3.63) is 53.6 Å². The normalized spacial score (nSPS) is 19.0. The molecule has 3 N–H and O–H groups in total. The lowest BCUT2D eigenvalue weighted by Crippen LogP contribution is -2.49. The minimum absolute atomic E-state index is 0.00236. The molecule has 0 aliphatic carbocycles. The van der Waals surface area contributed by atoms with Crippen LogP contribution in [0.5, 0.6) is 11.5 Å². The van der Waals surface area contributed by atoms with E-state index in [1.165, 1.54) is 5.56 Å². The van der Waals surface area contributed by atoms with Gasteiger partial charge in [-0.05, 0) is 24.5 Å². The first-order chi connectivity index (χ1) is 11.6. The van der Waals surface area contributed by atoms with E-state index in [0.29, 0.717) is 5.75 Å². The molecule has 0 saturated heterocycles. The molecule has 24 heavy (non-hydrogen) atoms. The molecule has 4 heteroatoms. The van der Waals surface area contributed by atoms with E-state index in [9.17, 15) is 5.11 Å². The summed E-state index contributed by atoms with van der Waals surface area (Å²) < 4.78 is 5.34. The van der Waals surface area contributed by atoms with E-state index in [-0.39, 0.29) is 17.3 Å². The van der Waals surface area contributed by atoms with E-state index in [2.05, 4.69) is 48.7 Å². The Morgan fingerprint density at radius 1 is 1.17 bits per heavy atom. The van der Waals surface area contributed by atoms with E-state index in [0.717, 1.165) is 30.6 Å². The lowest BCUT2D eigenvalue weighted by Gasteiger charge is -2.35. The smallest absolute Gasteiger partial charge is 0.160 e. The van der Waals surface area contributed by atoms with Crippen molar-refractivity contribution in [2.45, 2.75) is 38.3 Å². The highest BCUT2D eigenvalue weighted by Gasteiger charge is 2.34. The van der Waals surface area contributed by atoms with Crippen LogP contribution in [0, 0.1) is 0 Å². The molecule has 0 bridgehead atoms. The van der Waals surface area contributed by atoms with E-state index in [1.54, 1.807) is 13.2 Å². The Kier molecular flexibility index (Phi) is 4.67. The second kappa shape index (κ2) is 6.73. The maximum atomic E-state index is 10.2. The molecule has 2 aromatic carbocycles. The average Bonchev–Trinajstić information content (AvgIpc) is 2.79. The number of fused-ring (bicyclic) bond motifs is 1. The van der Waals surface area contributed by atoms with Gasteiger partial charge in [0.05, 0.1) is 13.2 Å². The van der Waals surface area contributed by atoms with Gasteiger partial charge in [-0.15, -0.1) is 0 Å². The third-order valence-corrected chi connectivity index (χ3v) is 5.22. The van der Waals surface area contributed by atoms with Crippen molar-refractivity contribution >= 4 is 5.69 Å². The summed E-state index contributed by atoms with van der Waals surface area (Å²) in [7, 11) is 1.58. The summed E-state index contributed by atoms with van der Waals surface area (Å²) in [6.07, 6.45) is 2.05. The lowest BCUT2D eigenvalue weighted by molar-refractivity contribution is 0.301. The Hall–Kier alpha value is -2.20. The van der Waals surface area contributed by atoms with Crippen molar-refractivity contribution in [2.24, 2.45) is 0 Å². The van der Waals surface area contributed by atoms with Gasteiger partial charge in [0.2, 0.25) is 0 Å². The largest absolute Gasteiger partial charge is 0.504 e. The molecule has 1 unspecified atom stereocenters. The molecule has 0 saturated carbocycles. The van der Waals surface area contributed by atoms with Crippen molar-refractivity contribution < 1.29 is 9.84 Å².